The summed E-state index contributed by atoms with van der Waals surface area (Å²) in [6.45, 7) is 0.873. The van der Waals surface area contributed by atoms with E-state index in [1.165, 1.54) is 0 Å². The van der Waals surface area contributed by atoms with Gasteiger partial charge in [-0.3, -0.25) is 4.79 Å². The zero-order valence-corrected chi connectivity index (χ0v) is 12.3. The number of hydrogen-bond donors (Lipinski definition) is 0. The number of hydrogen-bond acceptors (Lipinski definition) is 1. The van der Waals surface area contributed by atoms with Gasteiger partial charge in [-0.05, 0) is 29.7 Å². The lowest BCUT2D eigenvalue weighted by molar-refractivity contribution is 0.0752. The molecule has 1 amide bonds. The molecule has 0 bridgehead atoms. The Hall–Kier alpha value is -1.35. The summed E-state index contributed by atoms with van der Waals surface area (Å²) in [4.78, 5) is 14.7. The average molecular weight is 318 g/mol. The Labute approximate surface area is 121 Å². The fraction of sp³-hybridized carbons (Fsp3) is 0.312. The molecule has 1 aliphatic rings. The van der Waals surface area contributed by atoms with Gasteiger partial charge in [0.2, 0.25) is 0 Å². The number of rotatable bonds is 2. The predicted molar refractivity (Wildman–Crippen MR) is 81.8 cm³/mol. The first-order valence-electron chi connectivity index (χ1n) is 6.66. The third kappa shape index (κ3) is 2.27. The number of halogens is 1. The van der Waals surface area contributed by atoms with Crippen molar-refractivity contribution >= 4 is 32.6 Å². The van der Waals surface area contributed by atoms with E-state index in [0.29, 0.717) is 6.04 Å². The Morgan fingerprint density at radius 2 is 2.00 bits per heavy atom. The molecule has 1 aliphatic heterocycles. The minimum Gasteiger partial charge on any atom is -0.335 e. The van der Waals surface area contributed by atoms with Crippen molar-refractivity contribution in [2.45, 2.75) is 18.9 Å². The molecule has 98 valence electrons. The molecule has 19 heavy (non-hydrogen) atoms. The number of alkyl halides is 1. The van der Waals surface area contributed by atoms with Crippen LogP contribution >= 0.6 is 15.9 Å². The summed E-state index contributed by atoms with van der Waals surface area (Å²) in [6.07, 6.45) is 2.20. The van der Waals surface area contributed by atoms with Crippen LogP contribution in [0.3, 0.4) is 0 Å². The molecule has 3 rings (SSSR count). The van der Waals surface area contributed by atoms with Crippen molar-refractivity contribution in [3.05, 3.63) is 48.0 Å². The summed E-state index contributed by atoms with van der Waals surface area (Å²) in [5.74, 6) is 0.166. The molecule has 3 heteroatoms. The standard InChI is InChI=1S/C16H16BrNO/c17-11-13-7-4-10-18(13)16(19)15-9-3-6-12-5-1-2-8-14(12)15/h1-3,5-6,8-9,13H,4,7,10-11H2. The van der Waals surface area contributed by atoms with Crippen LogP contribution in [0.2, 0.25) is 0 Å². The molecule has 0 saturated carbocycles. The first-order chi connectivity index (χ1) is 9.31. The van der Waals surface area contributed by atoms with Crippen molar-refractivity contribution in [3.63, 3.8) is 0 Å². The van der Waals surface area contributed by atoms with Crippen molar-refractivity contribution < 1.29 is 4.79 Å². The van der Waals surface area contributed by atoms with Crippen LogP contribution in [0.4, 0.5) is 0 Å². The van der Waals surface area contributed by atoms with Crippen LogP contribution in [-0.2, 0) is 0 Å². The van der Waals surface area contributed by atoms with E-state index in [2.05, 4.69) is 28.1 Å². The molecule has 0 spiro atoms. The number of fused-ring (bicyclic) bond motifs is 1. The number of likely N-dealkylation sites (tertiary alicyclic amines) is 1. The van der Waals surface area contributed by atoms with Crippen molar-refractivity contribution in [1.29, 1.82) is 0 Å². The van der Waals surface area contributed by atoms with E-state index in [4.69, 9.17) is 0 Å². The lowest BCUT2D eigenvalue weighted by Crippen LogP contribution is -2.36. The van der Waals surface area contributed by atoms with Gasteiger partial charge in [-0.15, -0.1) is 0 Å². The highest BCUT2D eigenvalue weighted by Crippen LogP contribution is 2.25. The van der Waals surface area contributed by atoms with Crippen LogP contribution in [0.5, 0.6) is 0 Å². The molecule has 1 fully saturated rings. The first kappa shape index (κ1) is 12.7. The molecule has 1 atom stereocenters. The van der Waals surface area contributed by atoms with Gasteiger partial charge < -0.3 is 4.90 Å². The molecule has 2 aromatic carbocycles. The largest absolute Gasteiger partial charge is 0.335 e. The second-order valence-corrected chi connectivity index (χ2v) is 5.62. The van der Waals surface area contributed by atoms with E-state index in [1.54, 1.807) is 0 Å². The quantitative estimate of drug-likeness (QED) is 0.771. The molecule has 0 aliphatic carbocycles. The molecule has 2 nitrogen and oxygen atoms in total. The van der Waals surface area contributed by atoms with Gasteiger partial charge >= 0.3 is 0 Å². The third-order valence-electron chi connectivity index (χ3n) is 3.84. The van der Waals surface area contributed by atoms with Gasteiger partial charge in [0.15, 0.2) is 0 Å². The number of benzene rings is 2. The van der Waals surface area contributed by atoms with Gasteiger partial charge in [-0.1, -0.05) is 52.3 Å². The van der Waals surface area contributed by atoms with Crippen LogP contribution in [0.25, 0.3) is 10.8 Å². The Bertz CT molecular complexity index is 605. The summed E-state index contributed by atoms with van der Waals surface area (Å²) in [5, 5.41) is 3.04. The first-order valence-corrected chi connectivity index (χ1v) is 7.78. The second kappa shape index (κ2) is 5.33. The van der Waals surface area contributed by atoms with Crippen LogP contribution < -0.4 is 0 Å². The molecule has 1 heterocycles. The highest BCUT2D eigenvalue weighted by molar-refractivity contribution is 9.09. The van der Waals surface area contributed by atoms with Crippen molar-refractivity contribution in [1.82, 2.24) is 4.90 Å². The summed E-state index contributed by atoms with van der Waals surface area (Å²) in [5.41, 5.74) is 0.825. The maximum Gasteiger partial charge on any atom is 0.254 e. The lowest BCUT2D eigenvalue weighted by atomic mass is 10.0. The molecule has 2 aromatic rings. The third-order valence-corrected chi connectivity index (χ3v) is 4.58. The van der Waals surface area contributed by atoms with Gasteiger partial charge in [0.05, 0.1) is 0 Å². The Kier molecular flexibility index (Phi) is 3.56. The molecule has 0 aromatic heterocycles. The number of nitrogens with zero attached hydrogens (tertiary/aromatic N) is 1. The highest BCUT2D eigenvalue weighted by atomic mass is 79.9. The number of amides is 1. The second-order valence-electron chi connectivity index (χ2n) is 4.98. The Morgan fingerprint density at radius 3 is 2.84 bits per heavy atom. The fourth-order valence-electron chi connectivity index (χ4n) is 2.83. The van der Waals surface area contributed by atoms with Gasteiger partial charge in [-0.2, -0.15) is 0 Å². The van der Waals surface area contributed by atoms with Gasteiger partial charge in [0, 0.05) is 23.5 Å². The number of carbonyl (C=O) groups is 1. The summed E-state index contributed by atoms with van der Waals surface area (Å²) >= 11 is 3.51. The van der Waals surface area contributed by atoms with Crippen molar-refractivity contribution in [2.75, 3.05) is 11.9 Å². The summed E-state index contributed by atoms with van der Waals surface area (Å²) < 4.78 is 0. The molecular formula is C16H16BrNO. The topological polar surface area (TPSA) is 20.3 Å². The monoisotopic (exact) mass is 317 g/mol. The van der Waals surface area contributed by atoms with E-state index in [-0.39, 0.29) is 5.91 Å². The van der Waals surface area contributed by atoms with Gasteiger partial charge in [0.25, 0.3) is 5.91 Å². The SMILES string of the molecule is O=C(c1cccc2ccccc12)N1CCCC1CBr. The maximum absolute atomic E-state index is 12.7. The van der Waals surface area contributed by atoms with Crippen molar-refractivity contribution in [3.8, 4) is 0 Å². The van der Waals surface area contributed by atoms with E-state index >= 15 is 0 Å². The predicted octanol–water partition coefficient (Wildman–Crippen LogP) is 3.84. The average Bonchev–Trinajstić information content (AvgIpc) is 2.94. The van der Waals surface area contributed by atoms with Gasteiger partial charge in [0.1, 0.15) is 0 Å². The maximum atomic E-state index is 12.7. The molecule has 1 unspecified atom stereocenters. The number of carbonyl (C=O) groups excluding carboxylic acids is 1. The Balaban J connectivity index is 2.02. The lowest BCUT2D eigenvalue weighted by Gasteiger charge is -2.23. The van der Waals surface area contributed by atoms with Crippen LogP contribution in [0.1, 0.15) is 23.2 Å². The smallest absolute Gasteiger partial charge is 0.254 e. The van der Waals surface area contributed by atoms with E-state index in [1.807, 2.05) is 35.2 Å². The molecule has 0 N–H and O–H groups in total. The zero-order chi connectivity index (χ0) is 13.2. The zero-order valence-electron chi connectivity index (χ0n) is 10.7. The highest BCUT2D eigenvalue weighted by Gasteiger charge is 2.29. The molecular weight excluding hydrogens is 302 g/mol. The summed E-state index contributed by atoms with van der Waals surface area (Å²) in [7, 11) is 0. The van der Waals surface area contributed by atoms with E-state index in [9.17, 15) is 4.79 Å². The van der Waals surface area contributed by atoms with Crippen molar-refractivity contribution in [2.24, 2.45) is 0 Å². The minimum atomic E-state index is 0.166. The molecule has 1 saturated heterocycles. The van der Waals surface area contributed by atoms with Crippen LogP contribution in [-0.4, -0.2) is 28.7 Å². The van der Waals surface area contributed by atoms with E-state index in [0.717, 1.165) is 41.1 Å². The van der Waals surface area contributed by atoms with E-state index < -0.39 is 0 Å². The molecule has 0 radical (unpaired) electrons. The Morgan fingerprint density at radius 1 is 1.21 bits per heavy atom. The summed E-state index contributed by atoms with van der Waals surface area (Å²) in [6, 6.07) is 14.4. The fourth-order valence-corrected chi connectivity index (χ4v) is 3.50. The van der Waals surface area contributed by atoms with Crippen LogP contribution in [0, 0.1) is 0 Å². The van der Waals surface area contributed by atoms with Crippen LogP contribution in [0.15, 0.2) is 42.5 Å². The normalized spacial score (nSPS) is 19.0. The minimum absolute atomic E-state index is 0.166. The van der Waals surface area contributed by atoms with Gasteiger partial charge in [-0.25, -0.2) is 0 Å².